The predicted octanol–water partition coefficient (Wildman–Crippen LogP) is 1.54. The third-order valence-electron chi connectivity index (χ3n) is 3.42. The molecule has 3 rings (SSSR count). The van der Waals surface area contributed by atoms with Crippen LogP contribution in [-0.4, -0.2) is 31.2 Å². The molecule has 0 aliphatic carbocycles. The van der Waals surface area contributed by atoms with Gasteiger partial charge in [-0.05, 0) is 18.6 Å². The highest BCUT2D eigenvalue weighted by molar-refractivity contribution is 5.93. The lowest BCUT2D eigenvalue weighted by Gasteiger charge is -2.30. The van der Waals surface area contributed by atoms with Crippen LogP contribution < -0.4 is 16.0 Å². The normalized spacial score (nSPS) is 16.2. The van der Waals surface area contributed by atoms with Gasteiger partial charge in [-0.2, -0.15) is 0 Å². The second-order valence-electron chi connectivity index (χ2n) is 4.82. The molecule has 2 heterocycles. The Morgan fingerprint density at radius 2 is 2.00 bits per heavy atom. The van der Waals surface area contributed by atoms with Crippen molar-refractivity contribution >= 4 is 22.4 Å². The summed E-state index contributed by atoms with van der Waals surface area (Å²) in [5, 5.41) is 4.56. The second kappa shape index (κ2) is 4.46. The van der Waals surface area contributed by atoms with Crippen LogP contribution in [0.15, 0.2) is 24.3 Å². The number of hydrogen-bond acceptors (Lipinski definition) is 4. The summed E-state index contributed by atoms with van der Waals surface area (Å²) in [4.78, 5) is 6.81. The maximum absolute atomic E-state index is 5.93. The molecule has 2 aromatic rings. The first-order valence-corrected chi connectivity index (χ1v) is 6.36. The highest BCUT2D eigenvalue weighted by Crippen LogP contribution is 2.28. The van der Waals surface area contributed by atoms with Crippen molar-refractivity contribution in [3.05, 3.63) is 29.8 Å². The molecule has 1 saturated heterocycles. The van der Waals surface area contributed by atoms with Crippen LogP contribution in [0.1, 0.15) is 5.56 Å². The fraction of sp³-hybridized carbons (Fsp3) is 0.357. The van der Waals surface area contributed by atoms with Crippen LogP contribution in [0.3, 0.4) is 0 Å². The first-order chi connectivity index (χ1) is 8.74. The Labute approximate surface area is 107 Å². The lowest BCUT2D eigenvalue weighted by molar-refractivity contribution is 0.590. The molecular weight excluding hydrogens is 224 g/mol. The molecule has 94 valence electrons. The van der Waals surface area contributed by atoms with Crippen molar-refractivity contribution in [1.29, 1.82) is 0 Å². The number of nitrogens with one attached hydrogen (secondary N) is 1. The van der Waals surface area contributed by atoms with E-state index in [1.54, 1.807) is 0 Å². The molecule has 0 radical (unpaired) electrons. The molecule has 1 fully saturated rings. The van der Waals surface area contributed by atoms with E-state index in [1.807, 2.05) is 6.07 Å². The van der Waals surface area contributed by atoms with Gasteiger partial charge < -0.3 is 16.0 Å². The average Bonchev–Trinajstić information content (AvgIpc) is 2.38. The van der Waals surface area contributed by atoms with E-state index in [1.165, 1.54) is 16.6 Å². The molecule has 4 heteroatoms. The Hall–Kier alpha value is -1.81. The zero-order chi connectivity index (χ0) is 12.5. The first-order valence-electron chi connectivity index (χ1n) is 6.36. The third-order valence-corrected chi connectivity index (χ3v) is 3.42. The van der Waals surface area contributed by atoms with E-state index in [0.29, 0.717) is 5.82 Å². The van der Waals surface area contributed by atoms with Crippen molar-refractivity contribution in [2.24, 2.45) is 0 Å². The van der Waals surface area contributed by atoms with Crippen LogP contribution in [0.2, 0.25) is 0 Å². The van der Waals surface area contributed by atoms with E-state index in [0.717, 1.165) is 31.7 Å². The highest BCUT2D eigenvalue weighted by Gasteiger charge is 2.14. The lowest BCUT2D eigenvalue weighted by atomic mass is 10.1. The van der Waals surface area contributed by atoms with E-state index in [-0.39, 0.29) is 0 Å². The topological polar surface area (TPSA) is 54.2 Å². The van der Waals surface area contributed by atoms with Crippen molar-refractivity contribution in [2.75, 3.05) is 36.8 Å². The monoisotopic (exact) mass is 242 g/mol. The smallest absolute Gasteiger partial charge is 0.126 e. The Morgan fingerprint density at radius 1 is 1.22 bits per heavy atom. The Kier molecular flexibility index (Phi) is 2.80. The van der Waals surface area contributed by atoms with Gasteiger partial charge in [-0.3, -0.25) is 0 Å². The molecule has 18 heavy (non-hydrogen) atoms. The Morgan fingerprint density at radius 3 is 2.78 bits per heavy atom. The van der Waals surface area contributed by atoms with Gasteiger partial charge in [0.1, 0.15) is 5.82 Å². The van der Waals surface area contributed by atoms with Gasteiger partial charge in [0.15, 0.2) is 0 Å². The average molecular weight is 242 g/mol. The molecule has 0 unspecified atom stereocenters. The number of fused-ring (bicyclic) bond motifs is 1. The summed E-state index contributed by atoms with van der Waals surface area (Å²) in [6, 6.07) is 8.36. The van der Waals surface area contributed by atoms with E-state index in [2.05, 4.69) is 40.3 Å². The van der Waals surface area contributed by atoms with Gasteiger partial charge >= 0.3 is 0 Å². The molecule has 4 nitrogen and oxygen atoms in total. The fourth-order valence-electron chi connectivity index (χ4n) is 2.51. The van der Waals surface area contributed by atoms with E-state index in [9.17, 15) is 0 Å². The molecule has 0 amide bonds. The van der Waals surface area contributed by atoms with Crippen LogP contribution >= 0.6 is 0 Å². The van der Waals surface area contributed by atoms with Gasteiger partial charge in [0, 0.05) is 43.3 Å². The minimum Gasteiger partial charge on any atom is -0.384 e. The Bertz CT molecular complexity index is 568. The number of hydrogen-bond donors (Lipinski definition) is 2. The number of piperazine rings is 1. The molecule has 1 aliphatic rings. The van der Waals surface area contributed by atoms with Crippen LogP contribution in [0.25, 0.3) is 10.9 Å². The largest absolute Gasteiger partial charge is 0.384 e. The summed E-state index contributed by atoms with van der Waals surface area (Å²) in [7, 11) is 0. The summed E-state index contributed by atoms with van der Waals surface area (Å²) in [5.41, 5.74) is 9.34. The number of nitrogen functional groups attached to an aromatic ring is 1. The van der Waals surface area contributed by atoms with Crippen molar-refractivity contribution in [1.82, 2.24) is 10.3 Å². The predicted molar refractivity (Wildman–Crippen MR) is 76.0 cm³/mol. The van der Waals surface area contributed by atoms with E-state index >= 15 is 0 Å². The zero-order valence-electron chi connectivity index (χ0n) is 10.6. The number of aromatic nitrogens is 1. The number of anilines is 2. The number of nitrogens with zero attached hydrogens (tertiary/aromatic N) is 2. The van der Waals surface area contributed by atoms with Gasteiger partial charge in [0.25, 0.3) is 0 Å². The number of benzene rings is 1. The minimum atomic E-state index is 0.599. The highest BCUT2D eigenvalue weighted by atomic mass is 15.2. The molecule has 0 atom stereocenters. The van der Waals surface area contributed by atoms with Crippen LogP contribution in [-0.2, 0) is 0 Å². The molecule has 0 spiro atoms. The summed E-state index contributed by atoms with van der Waals surface area (Å²) < 4.78 is 0. The number of aryl methyl sites for hydroxylation is 1. The van der Waals surface area contributed by atoms with Crippen LogP contribution in [0, 0.1) is 6.92 Å². The molecular formula is C14H18N4. The number of rotatable bonds is 1. The summed E-state index contributed by atoms with van der Waals surface area (Å²) in [6.07, 6.45) is 0. The molecule has 0 saturated carbocycles. The van der Waals surface area contributed by atoms with E-state index < -0.39 is 0 Å². The Balaban J connectivity index is 2.14. The quantitative estimate of drug-likeness (QED) is 0.796. The van der Waals surface area contributed by atoms with Gasteiger partial charge in [-0.25, -0.2) is 4.98 Å². The summed E-state index contributed by atoms with van der Waals surface area (Å²) in [6.45, 7) is 6.17. The minimum absolute atomic E-state index is 0.599. The van der Waals surface area contributed by atoms with E-state index in [4.69, 9.17) is 5.73 Å². The SMILES string of the molecule is Cc1ccc2c(N3CCNCC3)cc(N)nc2c1. The van der Waals surface area contributed by atoms with Gasteiger partial charge in [-0.1, -0.05) is 12.1 Å². The molecule has 3 N–H and O–H groups in total. The summed E-state index contributed by atoms with van der Waals surface area (Å²) in [5.74, 6) is 0.599. The number of nitrogens with two attached hydrogens (primary N) is 1. The summed E-state index contributed by atoms with van der Waals surface area (Å²) >= 11 is 0. The van der Waals surface area contributed by atoms with Gasteiger partial charge in [0.05, 0.1) is 5.52 Å². The molecule has 1 aliphatic heterocycles. The van der Waals surface area contributed by atoms with Crippen molar-refractivity contribution in [3.8, 4) is 0 Å². The standard InChI is InChI=1S/C14H18N4/c1-10-2-3-11-12(8-10)17-14(15)9-13(11)18-6-4-16-5-7-18/h2-3,8-9,16H,4-7H2,1H3,(H2,15,17). The van der Waals surface area contributed by atoms with Crippen LogP contribution in [0.4, 0.5) is 11.5 Å². The van der Waals surface area contributed by atoms with Crippen molar-refractivity contribution in [2.45, 2.75) is 6.92 Å². The molecule has 1 aromatic heterocycles. The number of pyridine rings is 1. The lowest BCUT2D eigenvalue weighted by Crippen LogP contribution is -2.43. The van der Waals surface area contributed by atoms with Gasteiger partial charge in [0.2, 0.25) is 0 Å². The fourth-order valence-corrected chi connectivity index (χ4v) is 2.51. The van der Waals surface area contributed by atoms with Crippen molar-refractivity contribution < 1.29 is 0 Å². The first kappa shape index (κ1) is 11.3. The van der Waals surface area contributed by atoms with Crippen molar-refractivity contribution in [3.63, 3.8) is 0 Å². The van der Waals surface area contributed by atoms with Crippen LogP contribution in [0.5, 0.6) is 0 Å². The maximum atomic E-state index is 5.93. The maximum Gasteiger partial charge on any atom is 0.126 e. The second-order valence-corrected chi connectivity index (χ2v) is 4.82. The molecule has 0 bridgehead atoms. The zero-order valence-corrected chi connectivity index (χ0v) is 10.6. The van der Waals surface area contributed by atoms with Gasteiger partial charge in [-0.15, -0.1) is 0 Å². The molecule has 1 aromatic carbocycles. The third kappa shape index (κ3) is 1.99.